The quantitative estimate of drug-likeness (QED) is 0.636. The number of ether oxygens (including phenoxy) is 2. The summed E-state index contributed by atoms with van der Waals surface area (Å²) in [6.07, 6.45) is 1.04. The third-order valence-electron chi connectivity index (χ3n) is 4.92. The van der Waals surface area contributed by atoms with E-state index in [9.17, 15) is 0 Å². The molecule has 1 N–H and O–H groups in total. The van der Waals surface area contributed by atoms with Gasteiger partial charge in [-0.1, -0.05) is 12.1 Å². The van der Waals surface area contributed by atoms with E-state index in [1.54, 1.807) is 11.3 Å². The van der Waals surface area contributed by atoms with Gasteiger partial charge < -0.3 is 19.7 Å². The second-order valence-corrected chi connectivity index (χ2v) is 8.87. The van der Waals surface area contributed by atoms with Crippen LogP contribution in [-0.4, -0.2) is 23.4 Å². The van der Waals surface area contributed by atoms with Crippen LogP contribution >= 0.6 is 34.9 Å². The molecule has 2 aliphatic heterocycles. The van der Waals surface area contributed by atoms with Crippen LogP contribution in [0, 0.1) is 0 Å². The number of nitrogens with zero attached hydrogens (tertiary/aromatic N) is 1. The van der Waals surface area contributed by atoms with Crippen LogP contribution in [-0.2, 0) is 13.0 Å². The molecule has 5 rings (SSSR count). The normalized spacial score (nSPS) is 17.6. The van der Waals surface area contributed by atoms with Gasteiger partial charge in [-0.3, -0.25) is 0 Å². The molecule has 2 aromatic heterocycles. The minimum absolute atomic E-state index is 0.205. The number of thiocarbonyl (C=S) groups is 1. The lowest BCUT2D eigenvalue weighted by molar-refractivity contribution is 0.174. The zero-order valence-electron chi connectivity index (χ0n) is 14.5. The molecule has 0 saturated carbocycles. The second kappa shape index (κ2) is 7.14. The fraction of sp³-hybridized carbons (Fsp3) is 0.250. The van der Waals surface area contributed by atoms with Crippen molar-refractivity contribution in [3.05, 3.63) is 68.0 Å². The number of nitrogens with one attached hydrogen (secondary N) is 1. The molecule has 0 spiro atoms. The minimum atomic E-state index is 0.205. The maximum absolute atomic E-state index is 5.79. The standard InChI is InChI=1S/C20H18N2O2S3/c25-20(21-11-13-3-4-15-16(10-13)24-12-23-15)22-7-5-17-14(6-9-27-17)19(22)18-2-1-8-26-18/h1-4,6,8-10,19H,5,7,11-12H2,(H,21,25)/t19-/m1/s1. The van der Waals surface area contributed by atoms with Crippen molar-refractivity contribution in [3.63, 3.8) is 0 Å². The molecule has 0 unspecified atom stereocenters. The van der Waals surface area contributed by atoms with Crippen molar-refractivity contribution >= 4 is 40.0 Å². The van der Waals surface area contributed by atoms with Gasteiger partial charge >= 0.3 is 0 Å². The largest absolute Gasteiger partial charge is 0.454 e. The van der Waals surface area contributed by atoms with Gasteiger partial charge in [0.15, 0.2) is 16.6 Å². The molecular weight excluding hydrogens is 396 g/mol. The Kier molecular flexibility index (Phi) is 4.51. The summed E-state index contributed by atoms with van der Waals surface area (Å²) in [5.41, 5.74) is 2.52. The van der Waals surface area contributed by atoms with Gasteiger partial charge in [0.1, 0.15) is 0 Å². The van der Waals surface area contributed by atoms with Crippen molar-refractivity contribution in [1.82, 2.24) is 10.2 Å². The van der Waals surface area contributed by atoms with E-state index in [0.717, 1.165) is 35.1 Å². The Morgan fingerprint density at radius 2 is 2.07 bits per heavy atom. The SMILES string of the molecule is S=C(NCc1ccc2c(c1)OCO2)N1CCc2sccc2[C@@H]1c1cccs1. The summed E-state index contributed by atoms with van der Waals surface area (Å²) in [5.74, 6) is 1.61. The van der Waals surface area contributed by atoms with E-state index in [1.807, 2.05) is 29.5 Å². The second-order valence-electron chi connectivity index (χ2n) is 6.51. The summed E-state index contributed by atoms with van der Waals surface area (Å²) in [4.78, 5) is 5.13. The van der Waals surface area contributed by atoms with Crippen LogP contribution in [0.5, 0.6) is 11.5 Å². The Morgan fingerprint density at radius 3 is 2.96 bits per heavy atom. The third kappa shape index (κ3) is 3.20. The maximum atomic E-state index is 5.79. The molecule has 4 heterocycles. The van der Waals surface area contributed by atoms with Crippen molar-refractivity contribution in [2.45, 2.75) is 19.0 Å². The molecule has 0 aliphatic carbocycles. The van der Waals surface area contributed by atoms with E-state index in [-0.39, 0.29) is 6.04 Å². The first-order valence-electron chi connectivity index (χ1n) is 8.82. The summed E-state index contributed by atoms with van der Waals surface area (Å²) in [6, 6.07) is 12.8. The fourth-order valence-electron chi connectivity index (χ4n) is 3.62. The predicted molar refractivity (Wildman–Crippen MR) is 113 cm³/mol. The number of benzene rings is 1. The first-order valence-corrected chi connectivity index (χ1v) is 11.0. The smallest absolute Gasteiger partial charge is 0.231 e. The topological polar surface area (TPSA) is 33.7 Å². The van der Waals surface area contributed by atoms with Crippen LogP contribution < -0.4 is 14.8 Å². The summed E-state index contributed by atoms with van der Waals surface area (Å²) in [7, 11) is 0. The summed E-state index contributed by atoms with van der Waals surface area (Å²) in [6.45, 7) is 1.90. The first-order chi connectivity index (χ1) is 13.3. The number of hydrogen-bond acceptors (Lipinski definition) is 5. The van der Waals surface area contributed by atoms with E-state index < -0.39 is 0 Å². The lowest BCUT2D eigenvalue weighted by atomic mass is 9.99. The Bertz CT molecular complexity index is 968. The average molecular weight is 415 g/mol. The van der Waals surface area contributed by atoms with Crippen LogP contribution in [0.15, 0.2) is 47.2 Å². The van der Waals surface area contributed by atoms with Crippen LogP contribution in [0.4, 0.5) is 0 Å². The van der Waals surface area contributed by atoms with Crippen LogP contribution in [0.1, 0.15) is 26.9 Å². The molecule has 1 atom stereocenters. The van der Waals surface area contributed by atoms with Gasteiger partial charge in [-0.25, -0.2) is 0 Å². The van der Waals surface area contributed by atoms with Gasteiger partial charge in [0.25, 0.3) is 0 Å². The van der Waals surface area contributed by atoms with Gasteiger partial charge in [0, 0.05) is 22.8 Å². The van der Waals surface area contributed by atoms with E-state index in [4.69, 9.17) is 21.7 Å². The zero-order chi connectivity index (χ0) is 18.2. The molecule has 7 heteroatoms. The molecule has 4 nitrogen and oxygen atoms in total. The average Bonchev–Trinajstić information content (AvgIpc) is 3.45. The molecule has 0 saturated heterocycles. The molecular formula is C20H18N2O2S3. The molecule has 0 fully saturated rings. The highest BCUT2D eigenvalue weighted by Gasteiger charge is 2.31. The van der Waals surface area contributed by atoms with E-state index >= 15 is 0 Å². The zero-order valence-corrected chi connectivity index (χ0v) is 17.0. The fourth-order valence-corrected chi connectivity index (χ4v) is 5.65. The molecule has 1 aromatic carbocycles. The summed E-state index contributed by atoms with van der Waals surface area (Å²) in [5, 5.41) is 8.57. The van der Waals surface area contributed by atoms with Crippen molar-refractivity contribution in [1.29, 1.82) is 0 Å². The lowest BCUT2D eigenvalue weighted by Crippen LogP contribution is -2.45. The Labute approximate surface area is 171 Å². The van der Waals surface area contributed by atoms with Crippen LogP contribution in [0.3, 0.4) is 0 Å². The van der Waals surface area contributed by atoms with Gasteiger partial charge in [-0.2, -0.15) is 0 Å². The molecule has 27 heavy (non-hydrogen) atoms. The number of thiophene rings is 2. The highest BCUT2D eigenvalue weighted by molar-refractivity contribution is 7.80. The number of hydrogen-bond donors (Lipinski definition) is 1. The van der Waals surface area contributed by atoms with Gasteiger partial charge in [0.05, 0.1) is 6.04 Å². The maximum Gasteiger partial charge on any atom is 0.231 e. The van der Waals surface area contributed by atoms with Crippen LogP contribution in [0.2, 0.25) is 0 Å². The number of fused-ring (bicyclic) bond motifs is 2. The summed E-state index contributed by atoms with van der Waals surface area (Å²) < 4.78 is 10.8. The first kappa shape index (κ1) is 17.0. The van der Waals surface area contributed by atoms with Crippen molar-refractivity contribution in [3.8, 4) is 11.5 Å². The highest BCUT2D eigenvalue weighted by atomic mass is 32.1. The van der Waals surface area contributed by atoms with Crippen molar-refractivity contribution in [2.75, 3.05) is 13.3 Å². The predicted octanol–water partition coefficient (Wildman–Crippen LogP) is 4.56. The van der Waals surface area contributed by atoms with E-state index in [1.165, 1.54) is 15.3 Å². The third-order valence-corrected chi connectivity index (χ3v) is 7.22. The monoisotopic (exact) mass is 414 g/mol. The Balaban J connectivity index is 1.34. The molecule has 0 amide bonds. The molecule has 0 radical (unpaired) electrons. The van der Waals surface area contributed by atoms with Gasteiger partial charge in [-0.15, -0.1) is 22.7 Å². The number of rotatable bonds is 3. The molecule has 0 bridgehead atoms. The molecule has 138 valence electrons. The van der Waals surface area contributed by atoms with E-state index in [2.05, 4.69) is 39.2 Å². The molecule has 2 aliphatic rings. The van der Waals surface area contributed by atoms with Crippen molar-refractivity contribution < 1.29 is 9.47 Å². The van der Waals surface area contributed by atoms with Crippen LogP contribution in [0.25, 0.3) is 0 Å². The van der Waals surface area contributed by atoms with Gasteiger partial charge in [0.2, 0.25) is 6.79 Å². The van der Waals surface area contributed by atoms with E-state index in [0.29, 0.717) is 13.3 Å². The van der Waals surface area contributed by atoms with Crippen molar-refractivity contribution in [2.24, 2.45) is 0 Å². The summed E-state index contributed by atoms with van der Waals surface area (Å²) >= 11 is 9.43. The molecule has 3 aromatic rings. The lowest BCUT2D eigenvalue weighted by Gasteiger charge is -2.37. The Morgan fingerprint density at radius 1 is 1.15 bits per heavy atom. The Hall–Kier alpha value is -2.09. The minimum Gasteiger partial charge on any atom is -0.454 e. The van der Waals surface area contributed by atoms with Gasteiger partial charge in [-0.05, 0) is 64.8 Å². The highest BCUT2D eigenvalue weighted by Crippen LogP contribution is 2.39.